The van der Waals surface area contributed by atoms with Crippen LogP contribution < -0.4 is 0 Å². The quantitative estimate of drug-likeness (QED) is 0.655. The number of hydrogen-bond donors (Lipinski definition) is 1. The van der Waals surface area contributed by atoms with E-state index in [0.29, 0.717) is 6.42 Å². The van der Waals surface area contributed by atoms with Crippen molar-refractivity contribution >= 4 is 5.97 Å². The number of rotatable bonds is 4. The van der Waals surface area contributed by atoms with Gasteiger partial charge >= 0.3 is 5.97 Å². The molecule has 0 fully saturated rings. The van der Waals surface area contributed by atoms with E-state index < -0.39 is 11.4 Å². The van der Waals surface area contributed by atoms with Gasteiger partial charge in [0.25, 0.3) is 0 Å². The van der Waals surface area contributed by atoms with Gasteiger partial charge in [-0.1, -0.05) is 17.7 Å². The van der Waals surface area contributed by atoms with Gasteiger partial charge < -0.3 is 5.11 Å². The van der Waals surface area contributed by atoms with Crippen molar-refractivity contribution in [2.75, 3.05) is 0 Å². The van der Waals surface area contributed by atoms with E-state index in [2.05, 4.69) is 6.58 Å². The molecule has 0 bridgehead atoms. The first-order valence-corrected chi connectivity index (χ1v) is 3.93. The Morgan fingerprint density at radius 2 is 2.08 bits per heavy atom. The molecule has 0 saturated carbocycles. The third-order valence-corrected chi connectivity index (χ3v) is 1.87. The summed E-state index contributed by atoms with van der Waals surface area (Å²) in [6.07, 6.45) is 3.90. The van der Waals surface area contributed by atoms with E-state index >= 15 is 0 Å². The lowest BCUT2D eigenvalue weighted by molar-refractivity contribution is -0.144. The molecule has 0 aliphatic heterocycles. The first-order valence-electron chi connectivity index (χ1n) is 3.93. The fourth-order valence-electron chi connectivity index (χ4n) is 0.674. The highest BCUT2D eigenvalue weighted by Crippen LogP contribution is 2.24. The largest absolute Gasteiger partial charge is 0.481 e. The maximum Gasteiger partial charge on any atom is 0.313 e. The monoisotopic (exact) mass is 168 g/mol. The molecule has 0 aromatic rings. The Balaban J connectivity index is 4.46. The molecular formula is C10H16O2. The zero-order valence-corrected chi connectivity index (χ0v) is 7.92. The molecule has 0 saturated heterocycles. The lowest BCUT2D eigenvalue weighted by Gasteiger charge is -2.17. The van der Waals surface area contributed by atoms with E-state index in [0.717, 1.165) is 5.57 Å². The number of carboxylic acids is 1. The maximum atomic E-state index is 10.8. The van der Waals surface area contributed by atoms with Crippen LogP contribution in [0.1, 0.15) is 27.2 Å². The van der Waals surface area contributed by atoms with Crippen molar-refractivity contribution in [1.82, 2.24) is 0 Å². The van der Waals surface area contributed by atoms with Crippen molar-refractivity contribution in [1.29, 1.82) is 0 Å². The number of aliphatic carboxylic acids is 1. The van der Waals surface area contributed by atoms with Gasteiger partial charge in [0.15, 0.2) is 0 Å². The van der Waals surface area contributed by atoms with Crippen LogP contribution in [0.3, 0.4) is 0 Å². The lowest BCUT2D eigenvalue weighted by Crippen LogP contribution is -2.23. The van der Waals surface area contributed by atoms with E-state index in [-0.39, 0.29) is 0 Å². The minimum Gasteiger partial charge on any atom is -0.481 e. The smallest absolute Gasteiger partial charge is 0.313 e. The standard InChI is InChI=1S/C10H16O2/c1-5-10(4,9(11)12)7-6-8(2)3/h5-6H,1,7H2,2-4H3,(H,11,12). The second kappa shape index (κ2) is 4.10. The summed E-state index contributed by atoms with van der Waals surface area (Å²) in [5.74, 6) is -0.824. The molecule has 0 heterocycles. The average Bonchev–Trinajstić information content (AvgIpc) is 1.99. The van der Waals surface area contributed by atoms with Gasteiger partial charge in [0.1, 0.15) is 0 Å². The van der Waals surface area contributed by atoms with E-state index in [9.17, 15) is 4.79 Å². The van der Waals surface area contributed by atoms with Gasteiger partial charge in [-0.2, -0.15) is 0 Å². The highest BCUT2D eigenvalue weighted by Gasteiger charge is 2.27. The predicted molar refractivity (Wildman–Crippen MR) is 50.0 cm³/mol. The molecule has 12 heavy (non-hydrogen) atoms. The van der Waals surface area contributed by atoms with Crippen LogP contribution in [-0.2, 0) is 4.79 Å². The summed E-state index contributed by atoms with van der Waals surface area (Å²) in [4.78, 5) is 10.8. The molecule has 0 aromatic heterocycles. The third kappa shape index (κ3) is 2.91. The zero-order chi connectivity index (χ0) is 9.78. The van der Waals surface area contributed by atoms with Crippen molar-refractivity contribution < 1.29 is 9.90 Å². The fraction of sp³-hybridized carbons (Fsp3) is 0.500. The number of carboxylic acid groups (broad SMARTS) is 1. The zero-order valence-electron chi connectivity index (χ0n) is 7.92. The molecule has 1 unspecified atom stereocenters. The molecule has 0 spiro atoms. The Morgan fingerprint density at radius 1 is 1.58 bits per heavy atom. The topological polar surface area (TPSA) is 37.3 Å². The van der Waals surface area contributed by atoms with Crippen molar-refractivity contribution in [2.24, 2.45) is 5.41 Å². The first kappa shape index (κ1) is 11.0. The Labute approximate surface area is 73.6 Å². The first-order chi connectivity index (χ1) is 5.42. The van der Waals surface area contributed by atoms with Gasteiger partial charge in [0, 0.05) is 0 Å². The van der Waals surface area contributed by atoms with Crippen LogP contribution in [0.5, 0.6) is 0 Å². The molecular weight excluding hydrogens is 152 g/mol. The molecule has 68 valence electrons. The van der Waals surface area contributed by atoms with Crippen molar-refractivity contribution in [3.8, 4) is 0 Å². The van der Waals surface area contributed by atoms with Gasteiger partial charge in [0.05, 0.1) is 5.41 Å². The second-order valence-corrected chi connectivity index (χ2v) is 3.41. The summed E-state index contributed by atoms with van der Waals surface area (Å²) in [5.41, 5.74) is 0.307. The third-order valence-electron chi connectivity index (χ3n) is 1.87. The van der Waals surface area contributed by atoms with Crippen LogP contribution in [0, 0.1) is 5.41 Å². The molecule has 0 radical (unpaired) electrons. The molecule has 1 atom stereocenters. The van der Waals surface area contributed by atoms with E-state index in [1.165, 1.54) is 6.08 Å². The highest BCUT2D eigenvalue weighted by molar-refractivity contribution is 5.76. The molecule has 0 aromatic carbocycles. The molecule has 2 heteroatoms. The van der Waals surface area contributed by atoms with E-state index in [1.54, 1.807) is 6.92 Å². The summed E-state index contributed by atoms with van der Waals surface area (Å²) < 4.78 is 0. The highest BCUT2D eigenvalue weighted by atomic mass is 16.4. The summed E-state index contributed by atoms with van der Waals surface area (Å²) in [6.45, 7) is 9.09. The summed E-state index contributed by atoms with van der Waals surface area (Å²) in [7, 11) is 0. The molecule has 0 aliphatic carbocycles. The van der Waals surface area contributed by atoms with Crippen LogP contribution >= 0.6 is 0 Å². The Bertz CT molecular complexity index is 212. The molecule has 0 amide bonds. The minimum absolute atomic E-state index is 0.508. The van der Waals surface area contributed by atoms with Crippen molar-refractivity contribution in [3.05, 3.63) is 24.3 Å². The second-order valence-electron chi connectivity index (χ2n) is 3.41. The van der Waals surface area contributed by atoms with Gasteiger partial charge in [0.2, 0.25) is 0 Å². The fourth-order valence-corrected chi connectivity index (χ4v) is 0.674. The molecule has 0 rings (SSSR count). The van der Waals surface area contributed by atoms with Crippen molar-refractivity contribution in [2.45, 2.75) is 27.2 Å². The van der Waals surface area contributed by atoms with E-state index in [1.807, 2.05) is 19.9 Å². The van der Waals surface area contributed by atoms with Crippen LogP contribution in [0.25, 0.3) is 0 Å². The Kier molecular flexibility index (Phi) is 3.74. The Hall–Kier alpha value is -1.05. The average molecular weight is 168 g/mol. The summed E-state index contributed by atoms with van der Waals surface area (Å²) in [5, 5.41) is 8.84. The van der Waals surface area contributed by atoms with Crippen LogP contribution in [0.2, 0.25) is 0 Å². The Morgan fingerprint density at radius 3 is 2.33 bits per heavy atom. The summed E-state index contributed by atoms with van der Waals surface area (Å²) in [6, 6.07) is 0. The minimum atomic E-state index is -0.824. The number of allylic oxidation sites excluding steroid dienone is 2. The predicted octanol–water partition coefficient (Wildman–Crippen LogP) is 2.62. The number of hydrogen-bond acceptors (Lipinski definition) is 1. The molecule has 0 aliphatic rings. The van der Waals surface area contributed by atoms with Gasteiger partial charge in [-0.3, -0.25) is 4.79 Å². The van der Waals surface area contributed by atoms with Crippen LogP contribution in [-0.4, -0.2) is 11.1 Å². The molecule has 1 N–H and O–H groups in total. The van der Waals surface area contributed by atoms with Gasteiger partial charge in [-0.25, -0.2) is 0 Å². The summed E-state index contributed by atoms with van der Waals surface area (Å²) >= 11 is 0. The maximum absolute atomic E-state index is 10.8. The number of carbonyl (C=O) groups is 1. The lowest BCUT2D eigenvalue weighted by atomic mass is 9.86. The van der Waals surface area contributed by atoms with E-state index in [4.69, 9.17) is 5.11 Å². The molecule has 2 nitrogen and oxygen atoms in total. The van der Waals surface area contributed by atoms with Crippen LogP contribution in [0.15, 0.2) is 24.3 Å². The van der Waals surface area contributed by atoms with Gasteiger partial charge in [-0.15, -0.1) is 6.58 Å². The SMILES string of the molecule is C=CC(C)(CC=C(C)C)C(=O)O. The van der Waals surface area contributed by atoms with Gasteiger partial charge in [-0.05, 0) is 27.2 Å². The normalized spacial score (nSPS) is 14.6. The van der Waals surface area contributed by atoms with Crippen LogP contribution in [0.4, 0.5) is 0 Å². The van der Waals surface area contributed by atoms with Crippen molar-refractivity contribution in [3.63, 3.8) is 0 Å².